The maximum Gasteiger partial charge on any atom is 0.416 e. The first kappa shape index (κ1) is 33.2. The molecule has 3 aromatic carbocycles. The van der Waals surface area contributed by atoms with Crippen molar-refractivity contribution >= 4 is 23.4 Å². The number of halogens is 4. The Morgan fingerprint density at radius 2 is 1.66 bits per heavy atom. The molecule has 1 aliphatic heterocycles. The molecule has 0 amide bonds. The number of esters is 2. The van der Waals surface area contributed by atoms with Crippen LogP contribution in [0.15, 0.2) is 95.5 Å². The fraction of sp³-hybridized carbons (Fsp3) is 0.286. The molecule has 0 aromatic heterocycles. The van der Waals surface area contributed by atoms with Gasteiger partial charge in [0.15, 0.2) is 5.78 Å². The number of benzene rings is 3. The van der Waals surface area contributed by atoms with Gasteiger partial charge in [-0.05, 0) is 62.2 Å². The summed E-state index contributed by atoms with van der Waals surface area (Å²) in [6.45, 7) is 2.95. The number of alkyl halides is 3. The molecule has 0 spiro atoms. The molecule has 246 valence electrons. The molecule has 3 aromatic rings. The van der Waals surface area contributed by atoms with Crippen molar-refractivity contribution in [3.63, 3.8) is 0 Å². The molecule has 1 aliphatic carbocycles. The van der Waals surface area contributed by atoms with Gasteiger partial charge in [0.25, 0.3) is 0 Å². The van der Waals surface area contributed by atoms with Crippen LogP contribution in [-0.4, -0.2) is 38.0 Å². The lowest BCUT2D eigenvalue weighted by molar-refractivity contribution is -0.152. The average molecular weight is 653 g/mol. The van der Waals surface area contributed by atoms with Crippen molar-refractivity contribution < 1.29 is 46.2 Å². The Bertz CT molecular complexity index is 1780. The number of carbonyl (C=O) groups excluding carboxylic acids is 3. The third kappa shape index (κ3) is 6.19. The molecule has 0 radical (unpaired) electrons. The molecule has 0 unspecified atom stereocenters. The number of hydrogen-bond donors (Lipinski definition) is 1. The molecule has 47 heavy (non-hydrogen) atoms. The number of methoxy groups -OCH3 is 1. The second-order valence-electron chi connectivity index (χ2n) is 10.9. The quantitative estimate of drug-likeness (QED) is 0.170. The van der Waals surface area contributed by atoms with E-state index < -0.39 is 53.0 Å². The summed E-state index contributed by atoms with van der Waals surface area (Å²) < 4.78 is 73.4. The number of nitrogens with two attached hydrogens (primary N) is 1. The van der Waals surface area contributed by atoms with E-state index in [4.69, 9.17) is 19.9 Å². The number of nitrogens with zero attached hydrogens (tertiary/aromatic N) is 1. The van der Waals surface area contributed by atoms with E-state index in [2.05, 4.69) is 0 Å². The number of hydrogen-bond acceptors (Lipinski definition) is 8. The third-order valence-corrected chi connectivity index (χ3v) is 8.24. The van der Waals surface area contributed by atoms with Crippen LogP contribution in [0.25, 0.3) is 0 Å². The highest BCUT2D eigenvalue weighted by atomic mass is 19.4. The normalized spacial score (nSPS) is 19.8. The third-order valence-electron chi connectivity index (χ3n) is 8.24. The molecule has 5 rings (SSSR count). The molecule has 0 saturated carbocycles. The summed E-state index contributed by atoms with van der Waals surface area (Å²) in [5.41, 5.74) is 5.54. The minimum atomic E-state index is -4.73. The number of ether oxygens (including phenoxy) is 3. The van der Waals surface area contributed by atoms with Crippen molar-refractivity contribution in [1.82, 2.24) is 0 Å². The van der Waals surface area contributed by atoms with Gasteiger partial charge in [-0.3, -0.25) is 14.5 Å². The molecular formula is C35H32F4N2O6. The number of rotatable bonds is 8. The van der Waals surface area contributed by atoms with Gasteiger partial charge in [-0.15, -0.1) is 0 Å². The van der Waals surface area contributed by atoms with Gasteiger partial charge < -0.3 is 19.9 Å². The van der Waals surface area contributed by atoms with Gasteiger partial charge in [-0.1, -0.05) is 36.4 Å². The summed E-state index contributed by atoms with van der Waals surface area (Å²) in [4.78, 5) is 43.2. The fourth-order valence-corrected chi connectivity index (χ4v) is 6.26. The molecule has 0 bridgehead atoms. The number of carbonyl (C=O) groups is 3. The van der Waals surface area contributed by atoms with Gasteiger partial charge >= 0.3 is 18.1 Å². The monoisotopic (exact) mass is 652 g/mol. The average Bonchev–Trinajstić information content (AvgIpc) is 3.04. The van der Waals surface area contributed by atoms with Crippen molar-refractivity contribution in [3.05, 3.63) is 118 Å². The van der Waals surface area contributed by atoms with Crippen LogP contribution >= 0.6 is 0 Å². The molecule has 3 atom stereocenters. The Balaban J connectivity index is 1.86. The molecule has 2 aliphatic rings. The van der Waals surface area contributed by atoms with Crippen LogP contribution in [0.3, 0.4) is 0 Å². The largest absolute Gasteiger partial charge is 0.497 e. The van der Waals surface area contributed by atoms with Crippen LogP contribution in [0.4, 0.5) is 23.2 Å². The van der Waals surface area contributed by atoms with Gasteiger partial charge in [0, 0.05) is 28.4 Å². The first-order chi connectivity index (χ1) is 22.4. The Labute approximate surface area is 268 Å². The fourth-order valence-electron chi connectivity index (χ4n) is 6.26. The number of anilines is 1. The van der Waals surface area contributed by atoms with E-state index in [0.717, 1.165) is 18.2 Å². The Morgan fingerprint density at radius 1 is 0.957 bits per heavy atom. The van der Waals surface area contributed by atoms with Crippen molar-refractivity contribution in [1.29, 1.82) is 0 Å². The minimum absolute atomic E-state index is 0.0482. The van der Waals surface area contributed by atoms with Crippen LogP contribution in [0.2, 0.25) is 0 Å². The van der Waals surface area contributed by atoms with Crippen LogP contribution in [-0.2, 0) is 30.0 Å². The van der Waals surface area contributed by atoms with Crippen LogP contribution < -0.4 is 15.4 Å². The second-order valence-corrected chi connectivity index (χ2v) is 10.9. The summed E-state index contributed by atoms with van der Waals surface area (Å²) in [7, 11) is 1.45. The predicted octanol–water partition coefficient (Wildman–Crippen LogP) is 6.38. The van der Waals surface area contributed by atoms with E-state index in [9.17, 15) is 27.6 Å². The summed E-state index contributed by atoms with van der Waals surface area (Å²) in [6, 6.07) is 16.4. The number of Topliss-reactive ketones (excluding diaryl/α,β-unsaturated/α-hetero) is 1. The molecular weight excluding hydrogens is 620 g/mol. The highest BCUT2D eigenvalue weighted by Crippen LogP contribution is 2.52. The van der Waals surface area contributed by atoms with Crippen LogP contribution in [0.1, 0.15) is 48.8 Å². The van der Waals surface area contributed by atoms with E-state index in [1.165, 1.54) is 49.3 Å². The van der Waals surface area contributed by atoms with Crippen molar-refractivity contribution in [2.24, 2.45) is 11.7 Å². The first-order valence-electron chi connectivity index (χ1n) is 14.9. The molecule has 0 saturated heterocycles. The van der Waals surface area contributed by atoms with E-state index in [1.54, 1.807) is 31.2 Å². The lowest BCUT2D eigenvalue weighted by Gasteiger charge is -2.44. The molecule has 0 fully saturated rings. The topological polar surface area (TPSA) is 108 Å². The first-order valence-corrected chi connectivity index (χ1v) is 14.9. The predicted molar refractivity (Wildman–Crippen MR) is 163 cm³/mol. The summed E-state index contributed by atoms with van der Waals surface area (Å²) in [6.07, 6.45) is -4.86. The van der Waals surface area contributed by atoms with Gasteiger partial charge in [0.2, 0.25) is 0 Å². The molecule has 1 heterocycles. The lowest BCUT2D eigenvalue weighted by Crippen LogP contribution is -2.46. The standard InChI is InChI=1S/C35H32F4N2O6/c1-4-46-33(43)28-24(19-10-8-13-22(16-19)45-3)18-26-29(31(28)42)27(23-14-6-7-15-25(23)36)30(34(44)47-5-2)32(40)41(26)21-12-9-11-20(17-21)35(37,38)39/h6-17,24,27-28H,4-5,18,40H2,1-3H3/t24-,27+,28+/m0/s1. The van der Waals surface area contributed by atoms with Crippen LogP contribution in [0, 0.1) is 11.7 Å². The van der Waals surface area contributed by atoms with E-state index >= 15 is 4.39 Å². The van der Waals surface area contributed by atoms with Gasteiger partial charge in [0.05, 0.1) is 37.4 Å². The van der Waals surface area contributed by atoms with Crippen molar-refractivity contribution in [2.75, 3.05) is 25.2 Å². The van der Waals surface area contributed by atoms with E-state index in [1.807, 2.05) is 0 Å². The molecule has 2 N–H and O–H groups in total. The summed E-state index contributed by atoms with van der Waals surface area (Å²) >= 11 is 0. The number of ketones is 1. The van der Waals surface area contributed by atoms with Gasteiger partial charge in [-0.25, -0.2) is 9.18 Å². The zero-order valence-corrected chi connectivity index (χ0v) is 25.8. The zero-order valence-electron chi connectivity index (χ0n) is 25.8. The van der Waals surface area contributed by atoms with Crippen LogP contribution in [0.5, 0.6) is 5.75 Å². The molecule has 12 heteroatoms. The van der Waals surface area contributed by atoms with Crippen molar-refractivity contribution in [2.45, 2.75) is 38.3 Å². The van der Waals surface area contributed by atoms with Crippen molar-refractivity contribution in [3.8, 4) is 5.75 Å². The highest BCUT2D eigenvalue weighted by Gasteiger charge is 2.52. The Kier molecular flexibility index (Phi) is 9.41. The SMILES string of the molecule is CCOC(=O)C1=C(N)N(c2cccc(C(F)(F)F)c2)C2=C(C(=O)[C@H](C(=O)OCC)[C@H](c3cccc(OC)c3)C2)[C@H]1c1ccccc1F. The maximum atomic E-state index is 15.6. The van der Waals surface area contributed by atoms with Gasteiger partial charge in [-0.2, -0.15) is 13.2 Å². The second kappa shape index (κ2) is 13.3. The van der Waals surface area contributed by atoms with Gasteiger partial charge in [0.1, 0.15) is 23.3 Å². The maximum absolute atomic E-state index is 15.6. The molecule has 8 nitrogen and oxygen atoms in total. The summed E-state index contributed by atoms with van der Waals surface area (Å²) in [5.74, 6) is -7.15. The zero-order chi connectivity index (χ0) is 34.0. The van der Waals surface area contributed by atoms with E-state index in [0.29, 0.717) is 11.3 Å². The lowest BCUT2D eigenvalue weighted by atomic mass is 9.66. The van der Waals surface area contributed by atoms with E-state index in [-0.39, 0.29) is 53.5 Å². The smallest absolute Gasteiger partial charge is 0.416 e. The summed E-state index contributed by atoms with van der Waals surface area (Å²) in [5, 5.41) is 0. The Hall–Kier alpha value is -5.13. The Morgan fingerprint density at radius 3 is 2.32 bits per heavy atom. The number of allylic oxidation sites excluding steroid dienone is 2. The minimum Gasteiger partial charge on any atom is -0.497 e. The highest BCUT2D eigenvalue weighted by molar-refractivity contribution is 6.14.